The average molecular weight is 323 g/mol. The maximum atomic E-state index is 11.9. The largest absolute Gasteiger partial charge is 0.493 e. The van der Waals surface area contributed by atoms with Crippen molar-refractivity contribution in [2.24, 2.45) is 0 Å². The van der Waals surface area contributed by atoms with E-state index in [1.807, 2.05) is 19.1 Å². The average Bonchev–Trinajstić information content (AvgIpc) is 2.58. The van der Waals surface area contributed by atoms with Gasteiger partial charge in [-0.25, -0.2) is 4.98 Å². The Morgan fingerprint density at radius 3 is 2.88 bits per heavy atom. The molecule has 1 heterocycles. The van der Waals surface area contributed by atoms with Gasteiger partial charge in [0.25, 0.3) is 0 Å². The molecular weight excluding hydrogens is 306 g/mol. The summed E-state index contributed by atoms with van der Waals surface area (Å²) < 4.78 is 10.5. The molecule has 0 saturated carbocycles. The van der Waals surface area contributed by atoms with Crippen molar-refractivity contribution in [3.05, 3.63) is 53.7 Å². The third-order valence-electron chi connectivity index (χ3n) is 3.07. The summed E-state index contributed by atoms with van der Waals surface area (Å²) in [4.78, 5) is 16.0. The number of benzene rings is 1. The molecule has 0 saturated heterocycles. The molecule has 0 fully saturated rings. The summed E-state index contributed by atoms with van der Waals surface area (Å²) in [6.07, 6.45) is 4.70. The van der Waals surface area contributed by atoms with Gasteiger partial charge in [-0.05, 0) is 48.4 Å². The molecule has 0 unspecified atom stereocenters. The molecule has 0 bridgehead atoms. The van der Waals surface area contributed by atoms with Gasteiger partial charge in [-0.2, -0.15) is 5.26 Å². The van der Waals surface area contributed by atoms with Crippen molar-refractivity contribution in [3.8, 4) is 17.6 Å². The Labute approximate surface area is 140 Å². The number of rotatable bonds is 6. The molecule has 1 amide bonds. The van der Waals surface area contributed by atoms with Gasteiger partial charge in [-0.15, -0.1) is 0 Å². The van der Waals surface area contributed by atoms with Gasteiger partial charge in [0.1, 0.15) is 11.9 Å². The number of nitriles is 1. The number of amides is 1. The number of aromatic nitrogens is 1. The van der Waals surface area contributed by atoms with Crippen LogP contribution in [0.1, 0.15) is 11.1 Å². The van der Waals surface area contributed by atoms with E-state index in [-0.39, 0.29) is 12.5 Å². The maximum absolute atomic E-state index is 11.9. The first kappa shape index (κ1) is 17.0. The Hall–Kier alpha value is -3.33. The maximum Gasteiger partial charge on any atom is 0.249 e. The summed E-state index contributed by atoms with van der Waals surface area (Å²) in [5, 5.41) is 11.2. The second kappa shape index (κ2) is 8.34. The van der Waals surface area contributed by atoms with Crippen molar-refractivity contribution in [1.29, 1.82) is 5.26 Å². The second-order valence-electron chi connectivity index (χ2n) is 4.90. The van der Waals surface area contributed by atoms with Crippen LogP contribution in [-0.4, -0.2) is 24.6 Å². The molecule has 0 spiro atoms. The SMILES string of the molecule is COc1cc(/C=C/C(=O)Nc2cc(C)ccn2)ccc1OCC#N. The molecule has 0 radical (unpaired) electrons. The van der Waals surface area contributed by atoms with Gasteiger partial charge in [0.15, 0.2) is 18.1 Å². The minimum Gasteiger partial charge on any atom is -0.493 e. The van der Waals surface area contributed by atoms with Crippen molar-refractivity contribution in [2.75, 3.05) is 19.0 Å². The van der Waals surface area contributed by atoms with Crippen LogP contribution in [0.3, 0.4) is 0 Å². The Balaban J connectivity index is 2.05. The number of pyridine rings is 1. The monoisotopic (exact) mass is 323 g/mol. The van der Waals surface area contributed by atoms with E-state index in [0.29, 0.717) is 17.3 Å². The zero-order chi connectivity index (χ0) is 17.4. The van der Waals surface area contributed by atoms with Crippen LogP contribution in [-0.2, 0) is 4.79 Å². The van der Waals surface area contributed by atoms with Gasteiger partial charge in [0, 0.05) is 12.3 Å². The predicted molar refractivity (Wildman–Crippen MR) is 90.7 cm³/mol. The number of anilines is 1. The zero-order valence-corrected chi connectivity index (χ0v) is 13.4. The van der Waals surface area contributed by atoms with E-state index in [4.69, 9.17) is 14.7 Å². The summed E-state index contributed by atoms with van der Waals surface area (Å²) in [6.45, 7) is 1.87. The van der Waals surface area contributed by atoms with Gasteiger partial charge in [-0.1, -0.05) is 6.07 Å². The minimum absolute atomic E-state index is 0.0581. The lowest BCUT2D eigenvalue weighted by Gasteiger charge is -2.08. The van der Waals surface area contributed by atoms with Crippen LogP contribution in [0.2, 0.25) is 0 Å². The highest BCUT2D eigenvalue weighted by atomic mass is 16.5. The smallest absolute Gasteiger partial charge is 0.249 e. The van der Waals surface area contributed by atoms with Gasteiger partial charge in [-0.3, -0.25) is 4.79 Å². The van der Waals surface area contributed by atoms with Crippen LogP contribution in [0.5, 0.6) is 11.5 Å². The highest BCUT2D eigenvalue weighted by Gasteiger charge is 2.05. The molecule has 0 atom stereocenters. The normalized spacial score (nSPS) is 10.2. The molecule has 2 aromatic rings. The van der Waals surface area contributed by atoms with Gasteiger partial charge >= 0.3 is 0 Å². The Bertz CT molecular complexity index is 794. The van der Waals surface area contributed by atoms with Crippen LogP contribution >= 0.6 is 0 Å². The predicted octanol–water partition coefficient (Wildman–Crippen LogP) is 2.95. The third kappa shape index (κ3) is 4.85. The highest BCUT2D eigenvalue weighted by molar-refractivity contribution is 6.01. The van der Waals surface area contributed by atoms with E-state index in [0.717, 1.165) is 11.1 Å². The standard InChI is InChI=1S/C18H17N3O3/c1-13-7-9-20-17(11-13)21-18(22)6-4-14-3-5-15(24-10-8-19)16(12-14)23-2/h3-7,9,11-12H,10H2,1-2H3,(H,20,21,22)/b6-4+. The van der Waals surface area contributed by atoms with Crippen molar-refractivity contribution in [2.45, 2.75) is 6.92 Å². The molecule has 1 N–H and O–H groups in total. The number of aryl methyl sites for hydroxylation is 1. The lowest BCUT2D eigenvalue weighted by Crippen LogP contribution is -2.09. The Morgan fingerprint density at radius 1 is 1.33 bits per heavy atom. The lowest BCUT2D eigenvalue weighted by atomic mass is 10.2. The number of nitrogens with zero attached hydrogens (tertiary/aromatic N) is 2. The topological polar surface area (TPSA) is 84.2 Å². The summed E-state index contributed by atoms with van der Waals surface area (Å²) in [7, 11) is 1.51. The molecule has 0 aliphatic rings. The van der Waals surface area contributed by atoms with E-state index in [2.05, 4.69) is 10.3 Å². The zero-order valence-electron chi connectivity index (χ0n) is 13.4. The number of ether oxygens (including phenoxy) is 2. The van der Waals surface area contributed by atoms with Gasteiger partial charge < -0.3 is 14.8 Å². The fourth-order valence-corrected chi connectivity index (χ4v) is 1.96. The number of carbonyl (C=O) groups excluding carboxylic acids is 1. The van der Waals surface area contributed by atoms with Crippen LogP contribution in [0.25, 0.3) is 6.08 Å². The second-order valence-corrected chi connectivity index (χ2v) is 4.90. The fourth-order valence-electron chi connectivity index (χ4n) is 1.96. The molecule has 122 valence electrons. The summed E-state index contributed by atoms with van der Waals surface area (Å²) >= 11 is 0. The Kier molecular flexibility index (Phi) is 5.92. The first-order valence-electron chi connectivity index (χ1n) is 7.22. The van der Waals surface area contributed by atoms with E-state index < -0.39 is 0 Å². The highest BCUT2D eigenvalue weighted by Crippen LogP contribution is 2.28. The third-order valence-corrected chi connectivity index (χ3v) is 3.07. The van der Waals surface area contributed by atoms with Crippen LogP contribution < -0.4 is 14.8 Å². The number of hydrogen-bond donors (Lipinski definition) is 1. The van der Waals surface area contributed by atoms with E-state index in [1.54, 1.807) is 36.5 Å². The van der Waals surface area contributed by atoms with Gasteiger partial charge in [0.05, 0.1) is 7.11 Å². The van der Waals surface area contributed by atoms with Crippen molar-refractivity contribution >= 4 is 17.8 Å². The quantitative estimate of drug-likeness (QED) is 0.826. The summed E-state index contributed by atoms with van der Waals surface area (Å²) in [6, 6.07) is 10.7. The fraction of sp³-hybridized carbons (Fsp3) is 0.167. The molecule has 6 heteroatoms. The number of methoxy groups -OCH3 is 1. The molecular formula is C18H17N3O3. The van der Waals surface area contributed by atoms with Gasteiger partial charge in [0.2, 0.25) is 5.91 Å². The number of nitrogens with one attached hydrogen (secondary N) is 1. The van der Waals surface area contributed by atoms with E-state index >= 15 is 0 Å². The van der Waals surface area contributed by atoms with Crippen molar-refractivity contribution in [3.63, 3.8) is 0 Å². The Morgan fingerprint density at radius 2 is 2.17 bits per heavy atom. The van der Waals surface area contributed by atoms with Crippen molar-refractivity contribution in [1.82, 2.24) is 4.98 Å². The molecule has 0 aliphatic carbocycles. The van der Waals surface area contributed by atoms with Crippen LogP contribution in [0.4, 0.5) is 5.82 Å². The van der Waals surface area contributed by atoms with E-state index in [9.17, 15) is 4.79 Å². The minimum atomic E-state index is -0.281. The molecule has 0 aliphatic heterocycles. The van der Waals surface area contributed by atoms with Crippen molar-refractivity contribution < 1.29 is 14.3 Å². The first-order valence-corrected chi connectivity index (χ1v) is 7.22. The number of carbonyl (C=O) groups is 1. The molecule has 1 aromatic carbocycles. The van der Waals surface area contributed by atoms with Crippen LogP contribution in [0.15, 0.2) is 42.6 Å². The lowest BCUT2D eigenvalue weighted by molar-refractivity contribution is -0.111. The molecule has 1 aromatic heterocycles. The molecule has 6 nitrogen and oxygen atoms in total. The van der Waals surface area contributed by atoms with Crippen LogP contribution in [0, 0.1) is 18.3 Å². The number of hydrogen-bond acceptors (Lipinski definition) is 5. The first-order chi connectivity index (χ1) is 11.6. The summed E-state index contributed by atoms with van der Waals surface area (Å²) in [5.41, 5.74) is 1.78. The van der Waals surface area contributed by atoms with E-state index in [1.165, 1.54) is 13.2 Å². The molecule has 24 heavy (non-hydrogen) atoms. The molecule has 2 rings (SSSR count). The summed E-state index contributed by atoms with van der Waals surface area (Å²) in [5.74, 6) is 1.19.